The molecule has 5 heteroatoms. The van der Waals surface area contributed by atoms with E-state index in [1.165, 1.54) is 12.3 Å². The second kappa shape index (κ2) is 5.91. The van der Waals surface area contributed by atoms with Crippen LogP contribution in [-0.4, -0.2) is 33.5 Å². The minimum Gasteiger partial charge on any atom is -0.481 e. The van der Waals surface area contributed by atoms with E-state index in [-0.39, 0.29) is 18.3 Å². The van der Waals surface area contributed by atoms with E-state index in [0.717, 1.165) is 31.4 Å². The molecule has 0 spiro atoms. The molecule has 98 valence electrons. The zero-order valence-electron chi connectivity index (χ0n) is 10.2. The number of hydrogen-bond donors (Lipinski definition) is 1. The first-order chi connectivity index (χ1) is 8.65. The van der Waals surface area contributed by atoms with Gasteiger partial charge in [-0.05, 0) is 31.0 Å². The summed E-state index contributed by atoms with van der Waals surface area (Å²) in [6.07, 6.45) is 6.00. The maximum atomic E-state index is 13.1. The zero-order valence-corrected chi connectivity index (χ0v) is 10.2. The number of rotatable bonds is 4. The highest BCUT2D eigenvalue weighted by Gasteiger charge is 2.24. The number of aromatic nitrogens is 1. The van der Waals surface area contributed by atoms with Crippen LogP contribution in [0.2, 0.25) is 0 Å². The maximum absolute atomic E-state index is 13.1. The first-order valence-corrected chi connectivity index (χ1v) is 6.20. The van der Waals surface area contributed by atoms with Crippen LogP contribution in [0.15, 0.2) is 18.5 Å². The molecule has 0 bridgehead atoms. The molecule has 2 heterocycles. The van der Waals surface area contributed by atoms with Gasteiger partial charge in [-0.1, -0.05) is 6.42 Å². The number of carbonyl (C=O) groups is 1. The summed E-state index contributed by atoms with van der Waals surface area (Å²) in [4.78, 5) is 16.8. The number of hydrogen-bond acceptors (Lipinski definition) is 3. The van der Waals surface area contributed by atoms with Gasteiger partial charge in [0.05, 0.1) is 12.6 Å². The molecule has 0 radical (unpaired) electrons. The van der Waals surface area contributed by atoms with Crippen LogP contribution in [0.3, 0.4) is 0 Å². The van der Waals surface area contributed by atoms with Crippen molar-refractivity contribution >= 4 is 5.97 Å². The fraction of sp³-hybridized carbons (Fsp3) is 0.538. The Hall–Kier alpha value is -1.49. The second-order valence-electron chi connectivity index (χ2n) is 4.73. The third-order valence-corrected chi connectivity index (χ3v) is 3.31. The largest absolute Gasteiger partial charge is 0.481 e. The van der Waals surface area contributed by atoms with Crippen molar-refractivity contribution in [3.63, 3.8) is 0 Å². The molecule has 18 heavy (non-hydrogen) atoms. The molecule has 2 rings (SSSR count). The van der Waals surface area contributed by atoms with E-state index < -0.39 is 5.97 Å². The average molecular weight is 252 g/mol. The maximum Gasteiger partial charge on any atom is 0.304 e. The van der Waals surface area contributed by atoms with Crippen LogP contribution in [0.1, 0.15) is 31.2 Å². The number of carboxylic acids is 1. The molecule has 0 saturated carbocycles. The monoisotopic (exact) mass is 252 g/mol. The van der Waals surface area contributed by atoms with Crippen molar-refractivity contribution in [1.82, 2.24) is 9.88 Å². The smallest absolute Gasteiger partial charge is 0.304 e. The van der Waals surface area contributed by atoms with Gasteiger partial charge in [-0.25, -0.2) is 4.39 Å². The fourth-order valence-corrected chi connectivity index (χ4v) is 2.48. The fourth-order valence-electron chi connectivity index (χ4n) is 2.48. The minimum atomic E-state index is -0.774. The SMILES string of the molecule is O=C(O)CC1CCCCN1Cc1cncc(F)c1. The van der Waals surface area contributed by atoms with Crippen LogP contribution >= 0.6 is 0 Å². The average Bonchev–Trinajstić information content (AvgIpc) is 2.31. The first-order valence-electron chi connectivity index (χ1n) is 6.20. The quantitative estimate of drug-likeness (QED) is 0.891. The number of likely N-dealkylation sites (tertiary alicyclic amines) is 1. The van der Waals surface area contributed by atoms with Crippen molar-refractivity contribution in [1.29, 1.82) is 0 Å². The van der Waals surface area contributed by atoms with Gasteiger partial charge >= 0.3 is 5.97 Å². The summed E-state index contributed by atoms with van der Waals surface area (Å²) in [7, 11) is 0. The van der Waals surface area contributed by atoms with Crippen LogP contribution < -0.4 is 0 Å². The highest BCUT2D eigenvalue weighted by Crippen LogP contribution is 2.21. The predicted molar refractivity (Wildman–Crippen MR) is 64.5 cm³/mol. The van der Waals surface area contributed by atoms with Gasteiger partial charge in [-0.2, -0.15) is 0 Å². The third kappa shape index (κ3) is 3.50. The molecule has 4 nitrogen and oxygen atoms in total. The summed E-state index contributed by atoms with van der Waals surface area (Å²) in [5, 5.41) is 8.89. The van der Waals surface area contributed by atoms with Crippen molar-refractivity contribution in [2.45, 2.75) is 38.3 Å². The molecule has 0 aromatic carbocycles. The van der Waals surface area contributed by atoms with Gasteiger partial charge in [0.15, 0.2) is 0 Å². The van der Waals surface area contributed by atoms with Crippen molar-refractivity contribution in [2.24, 2.45) is 0 Å². The number of piperidine rings is 1. The Balaban J connectivity index is 2.03. The highest BCUT2D eigenvalue weighted by molar-refractivity contribution is 5.67. The molecule has 1 fully saturated rings. The van der Waals surface area contributed by atoms with Crippen LogP contribution in [0.4, 0.5) is 4.39 Å². The highest BCUT2D eigenvalue weighted by atomic mass is 19.1. The summed E-state index contributed by atoms with van der Waals surface area (Å²) in [6, 6.07) is 1.51. The van der Waals surface area contributed by atoms with E-state index in [2.05, 4.69) is 9.88 Å². The molecule has 1 aromatic heterocycles. The molecular weight excluding hydrogens is 235 g/mol. The van der Waals surface area contributed by atoms with Crippen molar-refractivity contribution < 1.29 is 14.3 Å². The number of carboxylic acid groups (broad SMARTS) is 1. The van der Waals surface area contributed by atoms with Crippen molar-refractivity contribution in [3.8, 4) is 0 Å². The summed E-state index contributed by atoms with van der Waals surface area (Å²) in [5.41, 5.74) is 0.798. The Bertz CT molecular complexity index is 425. The van der Waals surface area contributed by atoms with Gasteiger partial charge in [0.25, 0.3) is 0 Å². The molecule has 1 atom stereocenters. The standard InChI is InChI=1S/C13H17FN2O2/c14-11-5-10(7-15-8-11)9-16-4-2-1-3-12(16)6-13(17)18/h5,7-8,12H,1-4,6,9H2,(H,17,18). The topological polar surface area (TPSA) is 53.4 Å². The Morgan fingerprint density at radius 1 is 1.50 bits per heavy atom. The number of pyridine rings is 1. The molecule has 1 saturated heterocycles. The summed E-state index contributed by atoms with van der Waals surface area (Å²) in [5.74, 6) is -1.12. The van der Waals surface area contributed by atoms with Gasteiger partial charge in [-0.15, -0.1) is 0 Å². The lowest BCUT2D eigenvalue weighted by molar-refractivity contribution is -0.138. The lowest BCUT2D eigenvalue weighted by atomic mass is 9.99. The molecule has 1 aliphatic rings. The third-order valence-electron chi connectivity index (χ3n) is 3.31. The summed E-state index contributed by atoms with van der Waals surface area (Å²) >= 11 is 0. The zero-order chi connectivity index (χ0) is 13.0. The van der Waals surface area contributed by atoms with E-state index in [4.69, 9.17) is 5.11 Å². The van der Waals surface area contributed by atoms with E-state index >= 15 is 0 Å². The normalized spacial score (nSPS) is 20.8. The van der Waals surface area contributed by atoms with Crippen LogP contribution in [0, 0.1) is 5.82 Å². The first kappa shape index (κ1) is 13.0. The van der Waals surface area contributed by atoms with E-state index in [1.54, 1.807) is 6.20 Å². The summed E-state index contributed by atoms with van der Waals surface area (Å²) < 4.78 is 13.1. The molecule has 1 N–H and O–H groups in total. The number of aliphatic carboxylic acids is 1. The molecule has 0 amide bonds. The minimum absolute atomic E-state index is 0.0551. The Morgan fingerprint density at radius 2 is 2.33 bits per heavy atom. The van der Waals surface area contributed by atoms with Crippen molar-refractivity contribution in [2.75, 3.05) is 6.54 Å². The van der Waals surface area contributed by atoms with E-state index in [9.17, 15) is 9.18 Å². The number of halogens is 1. The van der Waals surface area contributed by atoms with Crippen molar-refractivity contribution in [3.05, 3.63) is 29.8 Å². The Kier molecular flexibility index (Phi) is 4.25. The molecular formula is C13H17FN2O2. The van der Waals surface area contributed by atoms with E-state index in [1.807, 2.05) is 0 Å². The van der Waals surface area contributed by atoms with Gasteiger partial charge in [0.1, 0.15) is 5.82 Å². The molecule has 1 unspecified atom stereocenters. The Labute approximate surface area is 105 Å². The second-order valence-corrected chi connectivity index (χ2v) is 4.73. The molecule has 0 aliphatic carbocycles. The molecule has 1 aliphatic heterocycles. The number of nitrogens with zero attached hydrogens (tertiary/aromatic N) is 2. The lowest BCUT2D eigenvalue weighted by Crippen LogP contribution is -2.40. The summed E-state index contributed by atoms with van der Waals surface area (Å²) in [6.45, 7) is 1.44. The van der Waals surface area contributed by atoms with Crippen LogP contribution in [-0.2, 0) is 11.3 Å². The van der Waals surface area contributed by atoms with Crippen LogP contribution in [0.25, 0.3) is 0 Å². The van der Waals surface area contributed by atoms with Gasteiger partial charge in [0.2, 0.25) is 0 Å². The van der Waals surface area contributed by atoms with Gasteiger partial charge in [0, 0.05) is 18.8 Å². The van der Waals surface area contributed by atoms with E-state index in [0.29, 0.717) is 6.54 Å². The van der Waals surface area contributed by atoms with Crippen LogP contribution in [0.5, 0.6) is 0 Å². The molecule has 1 aromatic rings. The van der Waals surface area contributed by atoms with Gasteiger partial charge < -0.3 is 5.11 Å². The predicted octanol–water partition coefficient (Wildman–Crippen LogP) is 2.05. The lowest BCUT2D eigenvalue weighted by Gasteiger charge is -2.34. The Morgan fingerprint density at radius 3 is 3.06 bits per heavy atom. The van der Waals surface area contributed by atoms with Gasteiger partial charge in [-0.3, -0.25) is 14.7 Å².